The minimum atomic E-state index is -0.999. The highest BCUT2D eigenvalue weighted by atomic mass is 35.5. The van der Waals surface area contributed by atoms with Gasteiger partial charge in [-0.1, -0.05) is 11.6 Å². The summed E-state index contributed by atoms with van der Waals surface area (Å²) in [6.07, 6.45) is 2.37. The number of carbonyl (C=O) groups is 3. The monoisotopic (exact) mass is 392 g/mol. The molecule has 144 valence electrons. The highest BCUT2D eigenvalue weighted by Crippen LogP contribution is 2.47. The summed E-state index contributed by atoms with van der Waals surface area (Å²) in [4.78, 5) is 36.2. The van der Waals surface area contributed by atoms with Crippen LogP contribution in [0.1, 0.15) is 55.3 Å². The van der Waals surface area contributed by atoms with Gasteiger partial charge >= 0.3 is 6.09 Å². The molecule has 2 amide bonds. The Kier molecular flexibility index (Phi) is 4.29. The normalized spacial score (nSPS) is 31.6. The van der Waals surface area contributed by atoms with Gasteiger partial charge < -0.3 is 20.5 Å². The van der Waals surface area contributed by atoms with E-state index in [0.29, 0.717) is 54.9 Å². The molecule has 0 aromatic heterocycles. The summed E-state index contributed by atoms with van der Waals surface area (Å²) in [6.45, 7) is 0. The summed E-state index contributed by atoms with van der Waals surface area (Å²) in [7, 11) is 0. The fourth-order valence-electron chi connectivity index (χ4n) is 4.57. The Bertz CT molecular complexity index is 800. The fourth-order valence-corrected chi connectivity index (χ4v) is 4.74. The number of rotatable bonds is 3. The Morgan fingerprint density at radius 3 is 2.26 bits per heavy atom. The predicted molar refractivity (Wildman–Crippen MR) is 97.3 cm³/mol. The smallest absolute Gasteiger partial charge is 0.405 e. The van der Waals surface area contributed by atoms with Crippen molar-refractivity contribution in [3.63, 3.8) is 0 Å². The SMILES string of the molecule is O=C(O)NC12CCC(NC(=O)C3CC(=O)c4cc(Cl)ccc4O3)(CC1)CC2. The van der Waals surface area contributed by atoms with Gasteiger partial charge in [0.1, 0.15) is 5.75 Å². The zero-order valence-electron chi connectivity index (χ0n) is 14.7. The number of hydrogen-bond donors (Lipinski definition) is 3. The molecule has 3 N–H and O–H groups in total. The highest BCUT2D eigenvalue weighted by molar-refractivity contribution is 6.31. The third kappa shape index (κ3) is 3.36. The molecule has 1 atom stereocenters. The van der Waals surface area contributed by atoms with Crippen molar-refractivity contribution in [3.8, 4) is 5.75 Å². The number of Topliss-reactive ketones (excluding diaryl/α,β-unsaturated/α-hetero) is 1. The molecule has 4 aliphatic rings. The number of carbonyl (C=O) groups excluding carboxylic acids is 2. The van der Waals surface area contributed by atoms with Gasteiger partial charge in [0.05, 0.1) is 12.0 Å². The lowest BCUT2D eigenvalue weighted by Gasteiger charge is -2.53. The van der Waals surface area contributed by atoms with Crippen molar-refractivity contribution in [1.29, 1.82) is 0 Å². The maximum absolute atomic E-state index is 12.8. The van der Waals surface area contributed by atoms with Gasteiger partial charge in [0.25, 0.3) is 5.91 Å². The first-order chi connectivity index (χ1) is 12.8. The van der Waals surface area contributed by atoms with Crippen LogP contribution < -0.4 is 15.4 Å². The van der Waals surface area contributed by atoms with Gasteiger partial charge in [0, 0.05) is 16.1 Å². The quantitative estimate of drug-likeness (QED) is 0.733. The van der Waals surface area contributed by atoms with E-state index in [1.165, 1.54) is 0 Å². The average Bonchev–Trinajstić information content (AvgIpc) is 2.63. The summed E-state index contributed by atoms with van der Waals surface area (Å²) in [5.74, 6) is -0.0665. The van der Waals surface area contributed by atoms with Crippen LogP contribution in [0.2, 0.25) is 5.02 Å². The minimum Gasteiger partial charge on any atom is -0.479 e. The van der Waals surface area contributed by atoms with Gasteiger partial charge in [-0.25, -0.2) is 4.79 Å². The number of halogens is 1. The molecule has 8 heteroatoms. The van der Waals surface area contributed by atoms with E-state index in [1.54, 1.807) is 18.2 Å². The van der Waals surface area contributed by atoms with E-state index in [0.717, 1.165) is 0 Å². The van der Waals surface area contributed by atoms with E-state index >= 15 is 0 Å². The van der Waals surface area contributed by atoms with Gasteiger partial charge in [0.15, 0.2) is 11.9 Å². The molecule has 1 aromatic carbocycles. The molecule has 1 heterocycles. The lowest BCUT2D eigenvalue weighted by atomic mass is 9.61. The molecule has 5 rings (SSSR count). The van der Waals surface area contributed by atoms with Gasteiger partial charge in [-0.3, -0.25) is 9.59 Å². The first-order valence-electron chi connectivity index (χ1n) is 9.12. The van der Waals surface area contributed by atoms with E-state index in [-0.39, 0.29) is 29.2 Å². The van der Waals surface area contributed by atoms with E-state index in [9.17, 15) is 14.4 Å². The average molecular weight is 393 g/mol. The third-order valence-corrected chi connectivity index (χ3v) is 6.42. The Balaban J connectivity index is 1.43. The Labute approximate surface area is 161 Å². The topological polar surface area (TPSA) is 105 Å². The highest BCUT2D eigenvalue weighted by Gasteiger charge is 2.50. The van der Waals surface area contributed by atoms with Crippen molar-refractivity contribution in [1.82, 2.24) is 10.6 Å². The van der Waals surface area contributed by atoms with Crippen molar-refractivity contribution in [2.75, 3.05) is 0 Å². The molecule has 1 aromatic rings. The van der Waals surface area contributed by atoms with Crippen molar-refractivity contribution in [3.05, 3.63) is 28.8 Å². The number of amides is 2. The van der Waals surface area contributed by atoms with Crippen LogP contribution in [0, 0.1) is 0 Å². The number of hydrogen-bond acceptors (Lipinski definition) is 4. The van der Waals surface area contributed by atoms with Crippen LogP contribution in [-0.4, -0.2) is 40.1 Å². The van der Waals surface area contributed by atoms with E-state index in [2.05, 4.69) is 10.6 Å². The second-order valence-corrected chi connectivity index (χ2v) is 8.29. The van der Waals surface area contributed by atoms with Crippen LogP contribution in [0.3, 0.4) is 0 Å². The molecule has 3 aliphatic carbocycles. The number of fused-ring (bicyclic) bond motifs is 4. The van der Waals surface area contributed by atoms with Crippen molar-refractivity contribution in [2.24, 2.45) is 0 Å². The minimum absolute atomic E-state index is 0.0141. The summed E-state index contributed by atoms with van der Waals surface area (Å²) in [5, 5.41) is 15.3. The number of nitrogens with one attached hydrogen (secondary N) is 2. The summed E-state index contributed by atoms with van der Waals surface area (Å²) in [6, 6.07) is 4.80. The Hall–Kier alpha value is -2.28. The maximum Gasteiger partial charge on any atom is 0.405 e. The van der Waals surface area contributed by atoms with Gasteiger partial charge in [-0.2, -0.15) is 0 Å². The van der Waals surface area contributed by atoms with Crippen LogP contribution in [0.25, 0.3) is 0 Å². The first-order valence-corrected chi connectivity index (χ1v) is 9.50. The van der Waals surface area contributed by atoms with Crippen LogP contribution >= 0.6 is 11.6 Å². The molecule has 27 heavy (non-hydrogen) atoms. The standard InChI is InChI=1S/C19H21ClN2O5/c20-11-1-2-14-12(9-11)13(23)10-15(27-14)16(24)21-18-3-6-19(7-4-18,8-5-18)22-17(25)26/h1-2,9,15,22H,3-8,10H2,(H,21,24)(H,25,26). The molecule has 0 saturated heterocycles. The molecule has 3 fully saturated rings. The molecule has 0 spiro atoms. The van der Waals surface area contributed by atoms with Crippen molar-refractivity contribution < 1.29 is 24.2 Å². The number of carboxylic acid groups (broad SMARTS) is 1. The molecule has 7 nitrogen and oxygen atoms in total. The zero-order chi connectivity index (χ0) is 19.2. The largest absolute Gasteiger partial charge is 0.479 e. The predicted octanol–water partition coefficient (Wildman–Crippen LogP) is 2.90. The maximum atomic E-state index is 12.8. The van der Waals surface area contributed by atoms with Crippen LogP contribution in [0.4, 0.5) is 4.79 Å². The molecular weight excluding hydrogens is 372 g/mol. The summed E-state index contributed by atoms with van der Waals surface area (Å²) < 4.78 is 5.75. The fraction of sp³-hybridized carbons (Fsp3) is 0.526. The second-order valence-electron chi connectivity index (χ2n) is 7.85. The molecule has 2 bridgehead atoms. The summed E-state index contributed by atoms with van der Waals surface area (Å²) in [5.41, 5.74) is -0.302. The zero-order valence-corrected chi connectivity index (χ0v) is 15.5. The molecular formula is C19H21ClN2O5. The van der Waals surface area contributed by atoms with Gasteiger partial charge in [-0.15, -0.1) is 0 Å². The summed E-state index contributed by atoms with van der Waals surface area (Å²) >= 11 is 5.93. The lowest BCUT2D eigenvalue weighted by molar-refractivity contribution is -0.132. The lowest BCUT2D eigenvalue weighted by Crippen LogP contribution is -2.64. The van der Waals surface area contributed by atoms with E-state index in [1.807, 2.05) is 0 Å². The van der Waals surface area contributed by atoms with Crippen LogP contribution in [-0.2, 0) is 4.79 Å². The second kappa shape index (κ2) is 6.41. The van der Waals surface area contributed by atoms with E-state index in [4.69, 9.17) is 21.4 Å². The third-order valence-electron chi connectivity index (χ3n) is 6.18. The Morgan fingerprint density at radius 2 is 1.67 bits per heavy atom. The van der Waals surface area contributed by atoms with Crippen molar-refractivity contribution in [2.45, 2.75) is 62.1 Å². The van der Waals surface area contributed by atoms with Crippen LogP contribution in [0.5, 0.6) is 5.75 Å². The van der Waals surface area contributed by atoms with E-state index < -0.39 is 12.2 Å². The van der Waals surface area contributed by atoms with Crippen LogP contribution in [0.15, 0.2) is 18.2 Å². The molecule has 1 unspecified atom stereocenters. The number of benzene rings is 1. The van der Waals surface area contributed by atoms with Gasteiger partial charge in [-0.05, 0) is 56.7 Å². The van der Waals surface area contributed by atoms with Gasteiger partial charge in [0.2, 0.25) is 0 Å². The Morgan fingerprint density at radius 1 is 1.07 bits per heavy atom. The number of ketones is 1. The first kappa shape index (κ1) is 18.1. The molecule has 1 aliphatic heterocycles. The van der Waals surface area contributed by atoms with Crippen molar-refractivity contribution >= 4 is 29.4 Å². The molecule has 3 saturated carbocycles. The molecule has 0 radical (unpaired) electrons. The number of ether oxygens (including phenoxy) is 1.